The zero-order chi connectivity index (χ0) is 19.6. The number of carbonyl (C=O) groups is 2. The third-order valence-electron chi connectivity index (χ3n) is 5.38. The van der Waals surface area contributed by atoms with Gasteiger partial charge in [-0.05, 0) is 35.8 Å². The largest absolute Gasteiger partial charge is 0.336 e. The summed E-state index contributed by atoms with van der Waals surface area (Å²) in [6.07, 6.45) is 3.05. The van der Waals surface area contributed by atoms with Crippen LogP contribution in [0.5, 0.6) is 0 Å². The zero-order valence-corrected chi connectivity index (χ0v) is 15.8. The second-order valence-corrected chi connectivity index (χ2v) is 7.31. The smallest absolute Gasteiger partial charge is 0.318 e. The van der Waals surface area contributed by atoms with E-state index in [0.717, 1.165) is 29.2 Å². The van der Waals surface area contributed by atoms with Crippen LogP contribution in [0.2, 0.25) is 0 Å². The van der Waals surface area contributed by atoms with Crippen LogP contribution in [0.4, 0.5) is 4.79 Å². The Morgan fingerprint density at radius 2 is 1.68 bits per heavy atom. The van der Waals surface area contributed by atoms with Gasteiger partial charge in [0.05, 0.1) is 0 Å². The maximum absolute atomic E-state index is 12.6. The fraction of sp³-hybridized carbons (Fsp3) is 0.304. The van der Waals surface area contributed by atoms with Gasteiger partial charge in [0.15, 0.2) is 0 Å². The summed E-state index contributed by atoms with van der Waals surface area (Å²) in [6.45, 7) is 5.63. The van der Waals surface area contributed by atoms with Gasteiger partial charge in [0.2, 0.25) is 5.91 Å². The molecule has 3 amide bonds. The number of piperazine rings is 1. The SMILES string of the molecule is C=CC(=O)N1CCN(C(=O)NC2(C#Cc3cccc4ccccc34)CC2)CC1. The first-order chi connectivity index (χ1) is 13.6. The standard InChI is InChI=1S/C23H23N3O2/c1-2-21(27)25-14-16-26(17-15-25)22(28)24-23(12-13-23)11-10-19-8-5-7-18-6-3-4-9-20(18)19/h2-9H,1,12-17H2,(H,24,28). The minimum absolute atomic E-state index is 0.0836. The Labute approximate surface area is 165 Å². The number of nitrogens with one attached hydrogen (secondary N) is 1. The highest BCUT2D eigenvalue weighted by Crippen LogP contribution is 2.35. The van der Waals surface area contributed by atoms with Gasteiger partial charge in [-0.25, -0.2) is 4.79 Å². The molecule has 1 saturated carbocycles. The van der Waals surface area contributed by atoms with Gasteiger partial charge in [-0.15, -0.1) is 0 Å². The Bertz CT molecular complexity index is 984. The van der Waals surface area contributed by atoms with Crippen molar-refractivity contribution in [3.8, 4) is 11.8 Å². The van der Waals surface area contributed by atoms with Crippen molar-refractivity contribution in [2.75, 3.05) is 26.2 Å². The first kappa shape index (κ1) is 18.1. The van der Waals surface area contributed by atoms with E-state index in [4.69, 9.17) is 0 Å². The molecule has 0 unspecified atom stereocenters. The van der Waals surface area contributed by atoms with Crippen LogP contribution >= 0.6 is 0 Å². The third kappa shape index (κ3) is 3.72. The van der Waals surface area contributed by atoms with Crippen molar-refractivity contribution < 1.29 is 9.59 Å². The Morgan fingerprint density at radius 1 is 1.00 bits per heavy atom. The minimum atomic E-state index is -0.428. The van der Waals surface area contributed by atoms with Crippen LogP contribution in [0.15, 0.2) is 55.1 Å². The predicted octanol–water partition coefficient (Wildman–Crippen LogP) is 2.76. The lowest BCUT2D eigenvalue weighted by Crippen LogP contribution is -2.54. The molecular weight excluding hydrogens is 350 g/mol. The van der Waals surface area contributed by atoms with Crippen molar-refractivity contribution in [3.05, 3.63) is 60.7 Å². The lowest BCUT2D eigenvalue weighted by Gasteiger charge is -2.34. The molecule has 2 fully saturated rings. The van der Waals surface area contributed by atoms with E-state index in [0.29, 0.717) is 26.2 Å². The molecule has 1 N–H and O–H groups in total. The second-order valence-electron chi connectivity index (χ2n) is 7.31. The quantitative estimate of drug-likeness (QED) is 0.650. The molecule has 28 heavy (non-hydrogen) atoms. The van der Waals surface area contributed by atoms with Gasteiger partial charge in [0.25, 0.3) is 0 Å². The normalized spacial score (nSPS) is 17.4. The Morgan fingerprint density at radius 3 is 2.39 bits per heavy atom. The lowest BCUT2D eigenvalue weighted by atomic mass is 10.0. The van der Waals surface area contributed by atoms with Crippen LogP contribution in [0.25, 0.3) is 10.8 Å². The Hall–Kier alpha value is -3.26. The van der Waals surface area contributed by atoms with E-state index in [1.165, 1.54) is 6.08 Å². The molecule has 0 spiro atoms. The number of benzene rings is 2. The molecule has 0 atom stereocenters. The topological polar surface area (TPSA) is 52.7 Å². The summed E-state index contributed by atoms with van der Waals surface area (Å²) in [5.74, 6) is 6.50. The fourth-order valence-electron chi connectivity index (χ4n) is 3.47. The number of hydrogen-bond acceptors (Lipinski definition) is 2. The molecule has 5 heteroatoms. The van der Waals surface area contributed by atoms with Crippen LogP contribution in [0, 0.1) is 11.8 Å². The van der Waals surface area contributed by atoms with E-state index >= 15 is 0 Å². The van der Waals surface area contributed by atoms with Gasteiger partial charge in [-0.2, -0.15) is 0 Å². The monoisotopic (exact) mass is 373 g/mol. The summed E-state index contributed by atoms with van der Waals surface area (Å²) >= 11 is 0. The van der Waals surface area contributed by atoms with E-state index in [2.05, 4.69) is 41.9 Å². The summed E-state index contributed by atoms with van der Waals surface area (Å²) in [6, 6.07) is 14.2. The molecule has 1 aliphatic carbocycles. The van der Waals surface area contributed by atoms with E-state index in [-0.39, 0.29) is 11.9 Å². The van der Waals surface area contributed by atoms with E-state index in [1.54, 1.807) is 9.80 Å². The highest BCUT2D eigenvalue weighted by atomic mass is 16.2. The van der Waals surface area contributed by atoms with Crippen molar-refractivity contribution in [1.82, 2.24) is 15.1 Å². The molecule has 0 aromatic heterocycles. The maximum atomic E-state index is 12.6. The molecule has 5 nitrogen and oxygen atoms in total. The molecule has 4 rings (SSSR count). The molecule has 0 radical (unpaired) electrons. The molecule has 2 aromatic rings. The van der Waals surface area contributed by atoms with Crippen molar-refractivity contribution >= 4 is 22.7 Å². The van der Waals surface area contributed by atoms with Crippen LogP contribution in [0.3, 0.4) is 0 Å². The van der Waals surface area contributed by atoms with Crippen LogP contribution in [-0.2, 0) is 4.79 Å². The second kappa shape index (κ2) is 7.40. The molecule has 2 aliphatic rings. The number of hydrogen-bond donors (Lipinski definition) is 1. The van der Waals surface area contributed by atoms with E-state index < -0.39 is 5.54 Å². The lowest BCUT2D eigenvalue weighted by molar-refractivity contribution is -0.127. The average molecular weight is 373 g/mol. The third-order valence-corrected chi connectivity index (χ3v) is 5.38. The van der Waals surface area contributed by atoms with Crippen molar-refractivity contribution in [2.45, 2.75) is 18.4 Å². The maximum Gasteiger partial charge on any atom is 0.318 e. The minimum Gasteiger partial charge on any atom is -0.336 e. The van der Waals surface area contributed by atoms with Gasteiger partial charge in [-0.3, -0.25) is 4.79 Å². The summed E-state index contributed by atoms with van der Waals surface area (Å²) in [4.78, 5) is 27.8. The molecule has 1 saturated heterocycles. The Balaban J connectivity index is 1.42. The van der Waals surface area contributed by atoms with Crippen molar-refractivity contribution in [3.63, 3.8) is 0 Å². The first-order valence-corrected chi connectivity index (χ1v) is 9.60. The van der Waals surface area contributed by atoms with Crippen molar-refractivity contribution in [2.24, 2.45) is 0 Å². The molecule has 1 heterocycles. The predicted molar refractivity (Wildman–Crippen MR) is 110 cm³/mol. The zero-order valence-electron chi connectivity index (χ0n) is 15.8. The number of rotatable bonds is 2. The fourth-order valence-corrected chi connectivity index (χ4v) is 3.47. The molecule has 2 aromatic carbocycles. The van der Waals surface area contributed by atoms with Gasteiger partial charge in [-0.1, -0.05) is 54.8 Å². The highest BCUT2D eigenvalue weighted by Gasteiger charge is 2.43. The van der Waals surface area contributed by atoms with Crippen LogP contribution in [-0.4, -0.2) is 53.5 Å². The van der Waals surface area contributed by atoms with Gasteiger partial charge >= 0.3 is 6.03 Å². The number of fused-ring (bicyclic) bond motifs is 1. The van der Waals surface area contributed by atoms with Gasteiger partial charge in [0.1, 0.15) is 5.54 Å². The molecular formula is C23H23N3O2. The number of amides is 3. The number of nitrogens with zero attached hydrogens (tertiary/aromatic N) is 2. The molecule has 142 valence electrons. The van der Waals surface area contributed by atoms with Gasteiger partial charge < -0.3 is 15.1 Å². The van der Waals surface area contributed by atoms with Crippen LogP contribution in [0.1, 0.15) is 18.4 Å². The van der Waals surface area contributed by atoms with Crippen LogP contribution < -0.4 is 5.32 Å². The van der Waals surface area contributed by atoms with E-state index in [1.807, 2.05) is 24.3 Å². The summed E-state index contributed by atoms with van der Waals surface area (Å²) in [5, 5.41) is 5.39. The van der Waals surface area contributed by atoms with Gasteiger partial charge in [0, 0.05) is 31.7 Å². The Kier molecular flexibility index (Phi) is 4.79. The average Bonchev–Trinajstić information content (AvgIpc) is 3.51. The molecule has 0 bridgehead atoms. The first-order valence-electron chi connectivity index (χ1n) is 9.60. The summed E-state index contributed by atoms with van der Waals surface area (Å²) in [7, 11) is 0. The number of urea groups is 1. The summed E-state index contributed by atoms with van der Waals surface area (Å²) in [5.41, 5.74) is 0.553. The van der Waals surface area contributed by atoms with E-state index in [9.17, 15) is 9.59 Å². The number of carbonyl (C=O) groups excluding carboxylic acids is 2. The summed E-state index contributed by atoms with van der Waals surface area (Å²) < 4.78 is 0. The highest BCUT2D eigenvalue weighted by molar-refractivity contribution is 5.88. The molecule has 1 aliphatic heterocycles. The van der Waals surface area contributed by atoms with Crippen molar-refractivity contribution in [1.29, 1.82) is 0 Å².